The lowest BCUT2D eigenvalue weighted by atomic mass is 9.86. The molecule has 1 aliphatic rings. The predicted molar refractivity (Wildman–Crippen MR) is 94.7 cm³/mol. The standard InChI is InChI=1S/C19H20F6N2O/c1-3-5-13-10(4-2)16-14(27(13)9-18(20,21)22)7-6-12-17(16)11(19(23,24)25)8-15(28)26-12/h6-8,10,13H,3-5,9H2,1-2H3,(H,26,28). The van der Waals surface area contributed by atoms with Crippen LogP contribution in [0.15, 0.2) is 23.0 Å². The van der Waals surface area contributed by atoms with E-state index in [4.69, 9.17) is 0 Å². The Balaban J connectivity index is 2.35. The van der Waals surface area contributed by atoms with E-state index in [-0.39, 0.29) is 22.2 Å². The second kappa shape index (κ2) is 7.00. The van der Waals surface area contributed by atoms with Crippen LogP contribution in [-0.4, -0.2) is 23.7 Å². The molecule has 0 saturated heterocycles. The Kier molecular flexibility index (Phi) is 5.14. The van der Waals surface area contributed by atoms with Crippen LogP contribution in [0.3, 0.4) is 0 Å². The zero-order valence-electron chi connectivity index (χ0n) is 15.3. The molecule has 0 amide bonds. The van der Waals surface area contributed by atoms with Gasteiger partial charge in [0.1, 0.15) is 6.54 Å². The summed E-state index contributed by atoms with van der Waals surface area (Å²) in [5.74, 6) is -0.493. The Morgan fingerprint density at radius 2 is 1.79 bits per heavy atom. The third-order valence-corrected chi connectivity index (χ3v) is 5.25. The summed E-state index contributed by atoms with van der Waals surface area (Å²) in [5, 5.41) is -0.206. The largest absolute Gasteiger partial charge is 0.417 e. The fourth-order valence-corrected chi connectivity index (χ4v) is 4.34. The highest BCUT2D eigenvalue weighted by Gasteiger charge is 2.45. The van der Waals surface area contributed by atoms with E-state index in [0.717, 1.165) is 0 Å². The topological polar surface area (TPSA) is 36.1 Å². The highest BCUT2D eigenvalue weighted by atomic mass is 19.4. The Hall–Kier alpha value is -2.19. The van der Waals surface area contributed by atoms with Gasteiger partial charge >= 0.3 is 12.4 Å². The van der Waals surface area contributed by atoms with Crippen LogP contribution in [-0.2, 0) is 6.18 Å². The fourth-order valence-electron chi connectivity index (χ4n) is 4.34. The molecule has 0 fully saturated rings. The summed E-state index contributed by atoms with van der Waals surface area (Å²) in [6, 6.07) is 2.58. The molecule has 1 aromatic carbocycles. The molecule has 2 aromatic rings. The normalized spacial score (nSPS) is 20.1. The zero-order chi connectivity index (χ0) is 20.9. The molecule has 0 bridgehead atoms. The summed E-state index contributed by atoms with van der Waals surface area (Å²) in [6.45, 7) is 2.36. The summed E-state index contributed by atoms with van der Waals surface area (Å²) in [7, 11) is 0. The first-order chi connectivity index (χ1) is 13.0. The monoisotopic (exact) mass is 406 g/mol. The van der Waals surface area contributed by atoms with Crippen LogP contribution < -0.4 is 10.5 Å². The molecule has 0 aliphatic carbocycles. The van der Waals surface area contributed by atoms with Gasteiger partial charge in [0.05, 0.1) is 5.56 Å². The van der Waals surface area contributed by atoms with Gasteiger partial charge in [-0.2, -0.15) is 26.3 Å². The highest BCUT2D eigenvalue weighted by Crippen LogP contribution is 2.50. The van der Waals surface area contributed by atoms with Crippen LogP contribution in [0.25, 0.3) is 10.9 Å². The van der Waals surface area contributed by atoms with E-state index in [1.54, 1.807) is 6.92 Å². The minimum absolute atomic E-state index is 0.0128. The molecule has 0 saturated carbocycles. The van der Waals surface area contributed by atoms with Crippen molar-refractivity contribution in [2.45, 2.75) is 57.4 Å². The number of pyridine rings is 1. The van der Waals surface area contributed by atoms with Gasteiger partial charge in [0.2, 0.25) is 5.56 Å². The SMILES string of the molecule is CCCC1C(CC)c2c(ccc3[nH]c(=O)cc(C(F)(F)F)c23)N1CC(F)(F)F. The van der Waals surface area contributed by atoms with Crippen LogP contribution in [0.2, 0.25) is 0 Å². The van der Waals surface area contributed by atoms with Crippen molar-refractivity contribution in [1.29, 1.82) is 0 Å². The number of halogens is 6. The number of alkyl halides is 6. The number of aromatic nitrogens is 1. The van der Waals surface area contributed by atoms with Gasteiger partial charge in [-0.1, -0.05) is 20.3 Å². The molecular formula is C19H20F6N2O. The number of anilines is 1. The van der Waals surface area contributed by atoms with Gasteiger partial charge in [-0.25, -0.2) is 0 Å². The Bertz CT molecular complexity index is 931. The molecule has 3 rings (SSSR count). The number of nitrogens with zero attached hydrogens (tertiary/aromatic N) is 1. The van der Waals surface area contributed by atoms with Crippen molar-refractivity contribution in [3.63, 3.8) is 0 Å². The maximum atomic E-state index is 13.7. The molecule has 1 aromatic heterocycles. The van der Waals surface area contributed by atoms with Crippen molar-refractivity contribution in [2.24, 2.45) is 0 Å². The molecular weight excluding hydrogens is 386 g/mol. The lowest BCUT2D eigenvalue weighted by Gasteiger charge is -2.30. The van der Waals surface area contributed by atoms with Crippen LogP contribution in [0, 0.1) is 0 Å². The smallest absolute Gasteiger partial charge is 0.359 e. The van der Waals surface area contributed by atoms with E-state index < -0.39 is 42.0 Å². The molecule has 2 heterocycles. The average Bonchev–Trinajstić information content (AvgIpc) is 2.85. The number of H-pyrrole nitrogens is 1. The van der Waals surface area contributed by atoms with Crippen molar-refractivity contribution in [3.8, 4) is 0 Å². The van der Waals surface area contributed by atoms with E-state index >= 15 is 0 Å². The quantitative estimate of drug-likeness (QED) is 0.672. The summed E-state index contributed by atoms with van der Waals surface area (Å²) >= 11 is 0. The van der Waals surface area contributed by atoms with Crippen molar-refractivity contribution < 1.29 is 26.3 Å². The van der Waals surface area contributed by atoms with Gasteiger partial charge in [-0.05, 0) is 30.5 Å². The highest BCUT2D eigenvalue weighted by molar-refractivity contribution is 5.93. The van der Waals surface area contributed by atoms with Gasteiger partial charge in [0, 0.05) is 34.6 Å². The number of aromatic amines is 1. The molecule has 0 radical (unpaired) electrons. The second-order valence-corrected chi connectivity index (χ2v) is 7.08. The molecule has 9 heteroatoms. The number of nitrogens with one attached hydrogen (secondary N) is 1. The number of fused-ring (bicyclic) bond motifs is 3. The van der Waals surface area contributed by atoms with Crippen molar-refractivity contribution in [2.75, 3.05) is 11.4 Å². The Labute approximate surface area is 157 Å². The third kappa shape index (κ3) is 3.58. The molecule has 28 heavy (non-hydrogen) atoms. The van der Waals surface area contributed by atoms with E-state index in [1.807, 2.05) is 6.92 Å². The summed E-state index contributed by atoms with van der Waals surface area (Å²) in [6.07, 6.45) is -7.86. The fraction of sp³-hybridized carbons (Fsp3) is 0.526. The van der Waals surface area contributed by atoms with E-state index in [9.17, 15) is 31.1 Å². The van der Waals surface area contributed by atoms with E-state index in [0.29, 0.717) is 25.3 Å². The minimum atomic E-state index is -4.79. The van der Waals surface area contributed by atoms with Crippen molar-refractivity contribution in [1.82, 2.24) is 4.98 Å². The summed E-state index contributed by atoms with van der Waals surface area (Å²) in [4.78, 5) is 15.3. The molecule has 3 nitrogen and oxygen atoms in total. The van der Waals surface area contributed by atoms with Crippen molar-refractivity contribution >= 4 is 16.6 Å². The maximum absolute atomic E-state index is 13.7. The second-order valence-electron chi connectivity index (χ2n) is 7.08. The molecule has 154 valence electrons. The molecule has 2 atom stereocenters. The van der Waals surface area contributed by atoms with E-state index in [1.165, 1.54) is 17.0 Å². The molecule has 1 N–H and O–H groups in total. The lowest BCUT2D eigenvalue weighted by Crippen LogP contribution is -2.40. The predicted octanol–water partition coefficient (Wildman–Crippen LogP) is 5.59. The van der Waals surface area contributed by atoms with Gasteiger partial charge in [0.25, 0.3) is 0 Å². The van der Waals surface area contributed by atoms with Gasteiger partial charge in [-0.15, -0.1) is 0 Å². The van der Waals surface area contributed by atoms with Crippen LogP contribution in [0.5, 0.6) is 0 Å². The maximum Gasteiger partial charge on any atom is 0.417 e. The Morgan fingerprint density at radius 3 is 2.32 bits per heavy atom. The molecule has 2 unspecified atom stereocenters. The number of rotatable bonds is 4. The number of hydrogen-bond donors (Lipinski definition) is 1. The van der Waals surface area contributed by atoms with Crippen molar-refractivity contribution in [3.05, 3.63) is 39.7 Å². The zero-order valence-corrected chi connectivity index (χ0v) is 15.3. The van der Waals surface area contributed by atoms with Crippen LogP contribution in [0.1, 0.15) is 50.2 Å². The molecule has 0 spiro atoms. The van der Waals surface area contributed by atoms with Gasteiger partial charge in [-0.3, -0.25) is 4.79 Å². The first kappa shape index (κ1) is 20.5. The summed E-state index contributed by atoms with van der Waals surface area (Å²) < 4.78 is 80.6. The van der Waals surface area contributed by atoms with Gasteiger partial charge < -0.3 is 9.88 Å². The third-order valence-electron chi connectivity index (χ3n) is 5.25. The van der Waals surface area contributed by atoms with Crippen LogP contribution in [0.4, 0.5) is 32.0 Å². The molecule has 1 aliphatic heterocycles. The number of hydrogen-bond acceptors (Lipinski definition) is 2. The minimum Gasteiger partial charge on any atom is -0.359 e. The van der Waals surface area contributed by atoms with Gasteiger partial charge in [0.15, 0.2) is 0 Å². The lowest BCUT2D eigenvalue weighted by molar-refractivity contribution is -0.136. The Morgan fingerprint density at radius 1 is 1.11 bits per heavy atom. The first-order valence-corrected chi connectivity index (χ1v) is 9.08. The summed E-state index contributed by atoms with van der Waals surface area (Å²) in [5.41, 5.74) is -1.62. The van der Waals surface area contributed by atoms with Crippen LogP contribution >= 0.6 is 0 Å². The first-order valence-electron chi connectivity index (χ1n) is 9.08. The number of benzene rings is 1. The van der Waals surface area contributed by atoms with E-state index in [2.05, 4.69) is 4.98 Å². The average molecular weight is 406 g/mol.